The van der Waals surface area contributed by atoms with E-state index in [2.05, 4.69) is 10.6 Å². The average Bonchev–Trinajstić information content (AvgIpc) is 2.96. The summed E-state index contributed by atoms with van der Waals surface area (Å²) < 4.78 is 5.01. The molecule has 0 spiro atoms. The molecule has 4 N–H and O–H groups in total. The van der Waals surface area contributed by atoms with Crippen molar-refractivity contribution in [3.8, 4) is 0 Å². The second kappa shape index (κ2) is 9.49. The van der Waals surface area contributed by atoms with Crippen molar-refractivity contribution in [3.05, 3.63) is 23.8 Å². The van der Waals surface area contributed by atoms with Gasteiger partial charge in [-0.25, -0.2) is 4.79 Å². The molecule has 1 aliphatic carbocycles. The maximum Gasteiger partial charge on any atom is 0.338 e. The van der Waals surface area contributed by atoms with Crippen molar-refractivity contribution in [1.29, 1.82) is 0 Å². The van der Waals surface area contributed by atoms with Crippen LogP contribution in [0.15, 0.2) is 18.2 Å². The molecular formula is C17H26ClN3O3. The maximum absolute atomic E-state index is 12.4. The molecule has 0 heterocycles. The first kappa shape index (κ1) is 20.3. The van der Waals surface area contributed by atoms with Gasteiger partial charge in [-0.1, -0.05) is 0 Å². The number of hydrogen-bond donors (Lipinski definition) is 3. The molecule has 2 unspecified atom stereocenters. The minimum absolute atomic E-state index is 0. The summed E-state index contributed by atoms with van der Waals surface area (Å²) in [4.78, 5) is 24.3. The molecule has 1 fully saturated rings. The molecule has 1 aromatic rings. The summed E-state index contributed by atoms with van der Waals surface area (Å²) >= 11 is 0. The molecule has 1 aliphatic rings. The quantitative estimate of drug-likeness (QED) is 0.682. The van der Waals surface area contributed by atoms with E-state index in [1.54, 1.807) is 25.1 Å². The number of amides is 1. The summed E-state index contributed by atoms with van der Waals surface area (Å²) in [6, 6.07) is 5.23. The Labute approximate surface area is 148 Å². The normalized spacial score (nSPS) is 19.3. The average molecular weight is 356 g/mol. The van der Waals surface area contributed by atoms with Crippen LogP contribution in [0.2, 0.25) is 0 Å². The molecule has 6 nitrogen and oxygen atoms in total. The van der Waals surface area contributed by atoms with Gasteiger partial charge in [0.15, 0.2) is 0 Å². The zero-order valence-electron chi connectivity index (χ0n) is 14.1. The van der Waals surface area contributed by atoms with E-state index in [1.165, 1.54) is 0 Å². The molecule has 134 valence electrons. The van der Waals surface area contributed by atoms with Crippen LogP contribution < -0.4 is 16.4 Å². The Kier molecular flexibility index (Phi) is 8.01. The highest BCUT2D eigenvalue weighted by molar-refractivity contribution is 5.99. The molecule has 1 amide bonds. The van der Waals surface area contributed by atoms with Gasteiger partial charge in [0.2, 0.25) is 5.91 Å². The first-order valence-corrected chi connectivity index (χ1v) is 8.16. The number of benzene rings is 1. The fraction of sp³-hybridized carbons (Fsp3) is 0.529. The summed E-state index contributed by atoms with van der Waals surface area (Å²) in [5, 5.41) is 6.12. The SMILES string of the molecule is CCNc1ccc(C(=O)OCC)cc1NC(=O)C1CCC(N)C1.Cl. The van der Waals surface area contributed by atoms with E-state index in [4.69, 9.17) is 10.5 Å². The Balaban J connectivity index is 0.00000288. The van der Waals surface area contributed by atoms with E-state index in [0.717, 1.165) is 25.1 Å². The topological polar surface area (TPSA) is 93.5 Å². The lowest BCUT2D eigenvalue weighted by atomic mass is 10.1. The molecule has 0 radical (unpaired) electrons. The zero-order valence-corrected chi connectivity index (χ0v) is 14.9. The van der Waals surface area contributed by atoms with Crippen molar-refractivity contribution in [2.24, 2.45) is 11.7 Å². The summed E-state index contributed by atoms with van der Waals surface area (Å²) in [6.45, 7) is 4.77. The van der Waals surface area contributed by atoms with Gasteiger partial charge in [-0.3, -0.25) is 4.79 Å². The van der Waals surface area contributed by atoms with E-state index >= 15 is 0 Å². The van der Waals surface area contributed by atoms with Crippen molar-refractivity contribution in [3.63, 3.8) is 0 Å². The summed E-state index contributed by atoms with van der Waals surface area (Å²) in [5.41, 5.74) is 7.69. The van der Waals surface area contributed by atoms with Gasteiger partial charge in [0.1, 0.15) is 0 Å². The Morgan fingerprint density at radius 1 is 1.25 bits per heavy atom. The zero-order chi connectivity index (χ0) is 16.8. The Hall–Kier alpha value is -1.79. The number of nitrogens with one attached hydrogen (secondary N) is 2. The smallest absolute Gasteiger partial charge is 0.338 e. The van der Waals surface area contributed by atoms with Gasteiger partial charge in [-0.15, -0.1) is 12.4 Å². The van der Waals surface area contributed by atoms with Crippen LogP contribution in [-0.2, 0) is 9.53 Å². The van der Waals surface area contributed by atoms with Gasteiger partial charge in [-0.2, -0.15) is 0 Å². The second-order valence-electron chi connectivity index (χ2n) is 5.77. The standard InChI is InChI=1S/C17H25N3O3.ClH/c1-3-19-14-8-6-12(17(22)23-4-2)10-15(14)20-16(21)11-5-7-13(18)9-11;/h6,8,10-11,13,19H,3-5,7,9,18H2,1-2H3,(H,20,21);1H. The van der Waals surface area contributed by atoms with E-state index in [-0.39, 0.29) is 30.3 Å². The highest BCUT2D eigenvalue weighted by Crippen LogP contribution is 2.28. The van der Waals surface area contributed by atoms with Gasteiger partial charge >= 0.3 is 5.97 Å². The summed E-state index contributed by atoms with van der Waals surface area (Å²) in [5.74, 6) is -0.502. The number of ether oxygens (including phenoxy) is 1. The van der Waals surface area contributed by atoms with Gasteiger partial charge in [0.05, 0.1) is 23.5 Å². The lowest BCUT2D eigenvalue weighted by molar-refractivity contribution is -0.119. The fourth-order valence-electron chi connectivity index (χ4n) is 2.82. The number of esters is 1. The van der Waals surface area contributed by atoms with Crippen molar-refractivity contribution in [1.82, 2.24) is 0 Å². The van der Waals surface area contributed by atoms with E-state index in [0.29, 0.717) is 24.3 Å². The third-order valence-corrected chi connectivity index (χ3v) is 4.00. The molecular weight excluding hydrogens is 330 g/mol. The fourth-order valence-corrected chi connectivity index (χ4v) is 2.82. The number of rotatable bonds is 6. The minimum Gasteiger partial charge on any atom is -0.462 e. The van der Waals surface area contributed by atoms with Gasteiger partial charge < -0.3 is 21.1 Å². The highest BCUT2D eigenvalue weighted by atomic mass is 35.5. The third-order valence-electron chi connectivity index (χ3n) is 4.00. The van der Waals surface area contributed by atoms with Crippen molar-refractivity contribution < 1.29 is 14.3 Å². The number of carbonyl (C=O) groups excluding carboxylic acids is 2. The minimum atomic E-state index is -0.395. The lowest BCUT2D eigenvalue weighted by Crippen LogP contribution is -2.24. The molecule has 24 heavy (non-hydrogen) atoms. The van der Waals surface area contributed by atoms with Gasteiger partial charge in [0.25, 0.3) is 0 Å². The first-order valence-electron chi connectivity index (χ1n) is 8.16. The van der Waals surface area contributed by atoms with Gasteiger partial charge in [-0.05, 0) is 51.3 Å². The molecule has 0 saturated heterocycles. The Morgan fingerprint density at radius 3 is 2.58 bits per heavy atom. The second-order valence-corrected chi connectivity index (χ2v) is 5.77. The van der Waals surface area contributed by atoms with E-state index in [9.17, 15) is 9.59 Å². The van der Waals surface area contributed by atoms with Crippen molar-refractivity contribution in [2.45, 2.75) is 39.2 Å². The molecule has 0 aromatic heterocycles. The van der Waals surface area contributed by atoms with Crippen LogP contribution in [0.5, 0.6) is 0 Å². The van der Waals surface area contributed by atoms with Crippen LogP contribution in [-0.4, -0.2) is 31.1 Å². The largest absolute Gasteiger partial charge is 0.462 e. The van der Waals surface area contributed by atoms with Crippen LogP contribution in [0.3, 0.4) is 0 Å². The number of carbonyl (C=O) groups is 2. The predicted octanol–water partition coefficient (Wildman–Crippen LogP) is 2.78. The number of halogens is 1. The molecule has 0 aliphatic heterocycles. The van der Waals surface area contributed by atoms with E-state index < -0.39 is 5.97 Å². The number of anilines is 2. The number of hydrogen-bond acceptors (Lipinski definition) is 5. The maximum atomic E-state index is 12.4. The first-order chi connectivity index (χ1) is 11.0. The monoisotopic (exact) mass is 355 g/mol. The van der Waals surface area contributed by atoms with Gasteiger partial charge in [0, 0.05) is 18.5 Å². The third kappa shape index (κ3) is 5.11. The summed E-state index contributed by atoms with van der Waals surface area (Å²) in [6.07, 6.45) is 2.39. The summed E-state index contributed by atoms with van der Waals surface area (Å²) in [7, 11) is 0. The van der Waals surface area contributed by atoms with E-state index in [1.807, 2.05) is 6.92 Å². The Morgan fingerprint density at radius 2 is 2.00 bits per heavy atom. The molecule has 1 aromatic carbocycles. The molecule has 2 rings (SSSR count). The van der Waals surface area contributed by atoms with Crippen LogP contribution in [0.4, 0.5) is 11.4 Å². The Bertz CT molecular complexity index is 580. The number of nitrogens with two attached hydrogens (primary N) is 1. The van der Waals surface area contributed by atoms with Crippen LogP contribution in [0.25, 0.3) is 0 Å². The van der Waals surface area contributed by atoms with Crippen molar-refractivity contribution in [2.75, 3.05) is 23.8 Å². The highest BCUT2D eigenvalue weighted by Gasteiger charge is 2.28. The van der Waals surface area contributed by atoms with Crippen LogP contribution in [0.1, 0.15) is 43.5 Å². The lowest BCUT2D eigenvalue weighted by Gasteiger charge is -2.16. The predicted molar refractivity (Wildman–Crippen MR) is 97.8 cm³/mol. The molecule has 7 heteroatoms. The van der Waals surface area contributed by atoms with Crippen molar-refractivity contribution >= 4 is 35.7 Å². The molecule has 1 saturated carbocycles. The van der Waals surface area contributed by atoms with Crippen LogP contribution >= 0.6 is 12.4 Å². The molecule has 0 bridgehead atoms. The molecule has 2 atom stereocenters. The van der Waals surface area contributed by atoms with Crippen LogP contribution in [0, 0.1) is 5.92 Å².